The highest BCUT2D eigenvalue weighted by molar-refractivity contribution is 6.34. The fourth-order valence-electron chi connectivity index (χ4n) is 1.44. The average molecular weight is 279 g/mol. The van der Waals surface area contributed by atoms with Crippen LogP contribution in [0.2, 0.25) is 10.3 Å². The minimum absolute atomic E-state index is 0.0393. The maximum absolute atomic E-state index is 9.02. The number of benzene rings is 1. The molecule has 0 unspecified atom stereocenters. The molecular weight excluding hydrogens is 271 g/mol. The van der Waals surface area contributed by atoms with Crippen LogP contribution < -0.4 is 5.32 Å². The zero-order valence-corrected chi connectivity index (χ0v) is 10.7. The Labute approximate surface area is 114 Å². The highest BCUT2D eigenvalue weighted by Gasteiger charge is 2.13. The molecule has 90 valence electrons. The third-order valence-electron chi connectivity index (χ3n) is 2.31. The van der Waals surface area contributed by atoms with E-state index in [1.54, 1.807) is 0 Å². The lowest BCUT2D eigenvalue weighted by molar-refractivity contribution is 1.01. The Morgan fingerprint density at radius 1 is 1.11 bits per heavy atom. The Kier molecular flexibility index (Phi) is 3.98. The number of aromatic nitrogens is 2. The lowest BCUT2D eigenvalue weighted by atomic mass is 10.2. The van der Waals surface area contributed by atoms with Crippen molar-refractivity contribution in [1.82, 2.24) is 10.2 Å². The van der Waals surface area contributed by atoms with Crippen LogP contribution in [-0.2, 0) is 6.54 Å². The van der Waals surface area contributed by atoms with Gasteiger partial charge in [0.05, 0.1) is 5.69 Å². The van der Waals surface area contributed by atoms with Gasteiger partial charge in [-0.3, -0.25) is 0 Å². The summed E-state index contributed by atoms with van der Waals surface area (Å²) < 4.78 is 0. The Hall–Kier alpha value is -1.83. The van der Waals surface area contributed by atoms with E-state index in [1.165, 1.54) is 0 Å². The van der Waals surface area contributed by atoms with Crippen LogP contribution in [-0.4, -0.2) is 10.2 Å². The molecule has 0 saturated carbocycles. The molecule has 0 bridgehead atoms. The summed E-state index contributed by atoms with van der Waals surface area (Å²) in [6.07, 6.45) is 0. The van der Waals surface area contributed by atoms with E-state index in [4.69, 9.17) is 28.5 Å². The first-order valence-electron chi connectivity index (χ1n) is 5.12. The van der Waals surface area contributed by atoms with Crippen molar-refractivity contribution in [2.75, 3.05) is 5.32 Å². The highest BCUT2D eigenvalue weighted by Crippen LogP contribution is 2.27. The Morgan fingerprint density at radius 3 is 2.44 bits per heavy atom. The second kappa shape index (κ2) is 5.67. The number of halogens is 2. The average Bonchev–Trinajstić information content (AvgIpc) is 2.41. The fourth-order valence-corrected chi connectivity index (χ4v) is 1.82. The molecule has 0 saturated heterocycles. The first-order chi connectivity index (χ1) is 8.72. The van der Waals surface area contributed by atoms with Crippen LogP contribution >= 0.6 is 23.2 Å². The van der Waals surface area contributed by atoms with Gasteiger partial charge in [0.1, 0.15) is 11.6 Å². The quantitative estimate of drug-likeness (QED) is 0.936. The second-order valence-electron chi connectivity index (χ2n) is 3.48. The third-order valence-corrected chi connectivity index (χ3v) is 2.84. The molecule has 0 atom stereocenters. The molecule has 0 aliphatic rings. The standard InChI is InChI=1S/C12H8Cl2N4/c13-11-9(6-15)10(12(14)18-17-11)16-7-8-4-2-1-3-5-8/h1-5H,7H2,(H,16,17). The van der Waals surface area contributed by atoms with Crippen molar-refractivity contribution in [1.29, 1.82) is 5.26 Å². The molecule has 0 aliphatic carbocycles. The van der Waals surface area contributed by atoms with E-state index in [9.17, 15) is 0 Å². The van der Waals surface area contributed by atoms with E-state index < -0.39 is 0 Å². The molecule has 0 amide bonds. The molecular formula is C12H8Cl2N4. The van der Waals surface area contributed by atoms with Gasteiger partial charge in [-0.2, -0.15) is 5.26 Å². The van der Waals surface area contributed by atoms with E-state index in [1.807, 2.05) is 36.4 Å². The molecule has 2 rings (SSSR count). The SMILES string of the molecule is N#Cc1c(Cl)nnc(Cl)c1NCc1ccccc1. The van der Waals surface area contributed by atoms with Crippen LogP contribution in [0.1, 0.15) is 11.1 Å². The number of nitriles is 1. The van der Waals surface area contributed by atoms with Crippen molar-refractivity contribution < 1.29 is 0 Å². The number of nitrogens with one attached hydrogen (secondary N) is 1. The van der Waals surface area contributed by atoms with Gasteiger partial charge in [0.15, 0.2) is 10.3 Å². The number of rotatable bonds is 3. The van der Waals surface area contributed by atoms with E-state index in [0.29, 0.717) is 12.2 Å². The van der Waals surface area contributed by atoms with E-state index in [2.05, 4.69) is 15.5 Å². The summed E-state index contributed by atoms with van der Waals surface area (Å²) in [5.41, 5.74) is 1.67. The monoisotopic (exact) mass is 278 g/mol. The van der Waals surface area contributed by atoms with Crippen LogP contribution in [0.15, 0.2) is 30.3 Å². The summed E-state index contributed by atoms with van der Waals surface area (Å²) >= 11 is 11.7. The van der Waals surface area contributed by atoms with Gasteiger partial charge < -0.3 is 5.32 Å². The lowest BCUT2D eigenvalue weighted by Gasteiger charge is -2.09. The second-order valence-corrected chi connectivity index (χ2v) is 4.20. The van der Waals surface area contributed by atoms with Gasteiger partial charge in [0, 0.05) is 6.54 Å². The molecule has 1 aromatic heterocycles. The predicted molar refractivity (Wildman–Crippen MR) is 70.5 cm³/mol. The zero-order chi connectivity index (χ0) is 13.0. The minimum atomic E-state index is 0.0393. The van der Waals surface area contributed by atoms with E-state index in [-0.39, 0.29) is 15.9 Å². The molecule has 0 aliphatic heterocycles. The van der Waals surface area contributed by atoms with Gasteiger partial charge in [-0.05, 0) is 5.56 Å². The normalized spacial score (nSPS) is 9.83. The molecule has 4 nitrogen and oxygen atoms in total. The van der Waals surface area contributed by atoms with Gasteiger partial charge in [0.2, 0.25) is 0 Å². The van der Waals surface area contributed by atoms with Crippen molar-refractivity contribution in [2.24, 2.45) is 0 Å². The van der Waals surface area contributed by atoms with Crippen LogP contribution in [0.3, 0.4) is 0 Å². The molecule has 1 heterocycles. The van der Waals surface area contributed by atoms with Crippen molar-refractivity contribution in [3.05, 3.63) is 51.8 Å². The van der Waals surface area contributed by atoms with Crippen molar-refractivity contribution in [3.8, 4) is 6.07 Å². The summed E-state index contributed by atoms with van der Waals surface area (Å²) in [7, 11) is 0. The smallest absolute Gasteiger partial charge is 0.176 e. The molecule has 1 N–H and O–H groups in total. The first kappa shape index (κ1) is 12.6. The molecule has 18 heavy (non-hydrogen) atoms. The van der Waals surface area contributed by atoms with Gasteiger partial charge in [-0.1, -0.05) is 53.5 Å². The minimum Gasteiger partial charge on any atom is -0.377 e. The van der Waals surface area contributed by atoms with Crippen LogP contribution in [0.4, 0.5) is 5.69 Å². The summed E-state index contributed by atoms with van der Waals surface area (Å²) in [6.45, 7) is 0.525. The third kappa shape index (κ3) is 2.70. The molecule has 6 heteroatoms. The lowest BCUT2D eigenvalue weighted by Crippen LogP contribution is -2.04. The Morgan fingerprint density at radius 2 is 1.78 bits per heavy atom. The summed E-state index contributed by atoms with van der Waals surface area (Å²) in [4.78, 5) is 0. The maximum Gasteiger partial charge on any atom is 0.176 e. The van der Waals surface area contributed by atoms with Crippen molar-refractivity contribution in [2.45, 2.75) is 6.54 Å². The Balaban J connectivity index is 2.25. The van der Waals surface area contributed by atoms with E-state index in [0.717, 1.165) is 5.56 Å². The highest BCUT2D eigenvalue weighted by atomic mass is 35.5. The van der Waals surface area contributed by atoms with Crippen LogP contribution in [0.25, 0.3) is 0 Å². The molecule has 0 radical (unpaired) electrons. The molecule has 0 spiro atoms. The van der Waals surface area contributed by atoms with Gasteiger partial charge in [-0.15, -0.1) is 10.2 Å². The number of hydrogen-bond acceptors (Lipinski definition) is 4. The largest absolute Gasteiger partial charge is 0.377 e. The molecule has 2 aromatic rings. The molecule has 0 fully saturated rings. The number of anilines is 1. The zero-order valence-electron chi connectivity index (χ0n) is 9.19. The number of nitrogens with zero attached hydrogens (tertiary/aromatic N) is 3. The maximum atomic E-state index is 9.02. The van der Waals surface area contributed by atoms with Crippen LogP contribution in [0.5, 0.6) is 0 Å². The topological polar surface area (TPSA) is 61.6 Å². The van der Waals surface area contributed by atoms with Gasteiger partial charge >= 0.3 is 0 Å². The summed E-state index contributed by atoms with van der Waals surface area (Å²) in [5, 5.41) is 19.5. The van der Waals surface area contributed by atoms with Crippen molar-refractivity contribution in [3.63, 3.8) is 0 Å². The van der Waals surface area contributed by atoms with Gasteiger partial charge in [0.25, 0.3) is 0 Å². The molecule has 1 aromatic carbocycles. The summed E-state index contributed by atoms with van der Waals surface area (Å²) in [5.74, 6) is 0. The van der Waals surface area contributed by atoms with E-state index >= 15 is 0 Å². The fraction of sp³-hybridized carbons (Fsp3) is 0.0833. The predicted octanol–water partition coefficient (Wildman–Crippen LogP) is 3.27. The Bertz CT molecular complexity index is 593. The summed E-state index contributed by atoms with van der Waals surface area (Å²) in [6, 6.07) is 11.7. The van der Waals surface area contributed by atoms with Crippen LogP contribution in [0, 0.1) is 11.3 Å². The first-order valence-corrected chi connectivity index (χ1v) is 5.87. The van der Waals surface area contributed by atoms with Crippen molar-refractivity contribution >= 4 is 28.9 Å². The van der Waals surface area contributed by atoms with Gasteiger partial charge in [-0.25, -0.2) is 0 Å². The number of hydrogen-bond donors (Lipinski definition) is 1.